The van der Waals surface area contributed by atoms with Gasteiger partial charge in [0.05, 0.1) is 6.61 Å². The molecule has 0 saturated heterocycles. The molecule has 4 heteroatoms. The first-order chi connectivity index (χ1) is 16.1. The van der Waals surface area contributed by atoms with E-state index in [0.717, 1.165) is 36.3 Å². The van der Waals surface area contributed by atoms with Gasteiger partial charge < -0.3 is 14.5 Å². The number of ether oxygens (including phenoxy) is 1. The Labute approximate surface area is 198 Å². The minimum Gasteiger partial charge on any atom is -0.494 e. The average Bonchev–Trinajstić information content (AvgIpc) is 2.85. The SMILES string of the molecule is CN(C)CCCOc1ccc(CN(CCc2ccccc2)C(=O)C=Cc2ccccc2)cc1. The Morgan fingerprint density at radius 1 is 0.818 bits per heavy atom. The first kappa shape index (κ1) is 24.3. The van der Waals surface area contributed by atoms with Crippen molar-refractivity contribution in [2.24, 2.45) is 0 Å². The van der Waals surface area contributed by atoms with Crippen molar-refractivity contribution in [2.75, 3.05) is 33.8 Å². The van der Waals surface area contributed by atoms with Crippen molar-refractivity contribution in [3.8, 4) is 5.75 Å². The molecular formula is C29H34N2O2. The number of carbonyl (C=O) groups excluding carboxylic acids is 1. The van der Waals surface area contributed by atoms with E-state index in [2.05, 4.69) is 31.1 Å². The van der Waals surface area contributed by atoms with Crippen LogP contribution in [0.5, 0.6) is 5.75 Å². The predicted molar refractivity (Wildman–Crippen MR) is 136 cm³/mol. The number of hydrogen-bond acceptors (Lipinski definition) is 3. The highest BCUT2D eigenvalue weighted by atomic mass is 16.5. The highest BCUT2D eigenvalue weighted by Crippen LogP contribution is 2.15. The molecule has 0 aliphatic carbocycles. The van der Waals surface area contributed by atoms with E-state index in [1.165, 1.54) is 5.56 Å². The molecule has 0 fully saturated rings. The molecular weight excluding hydrogens is 408 g/mol. The van der Waals surface area contributed by atoms with Crippen LogP contribution in [-0.4, -0.2) is 49.5 Å². The van der Waals surface area contributed by atoms with Gasteiger partial charge in [-0.3, -0.25) is 4.79 Å². The summed E-state index contributed by atoms with van der Waals surface area (Å²) in [4.78, 5) is 17.1. The third-order valence-electron chi connectivity index (χ3n) is 5.36. The van der Waals surface area contributed by atoms with Crippen molar-refractivity contribution in [3.63, 3.8) is 0 Å². The van der Waals surface area contributed by atoms with Gasteiger partial charge in [-0.2, -0.15) is 0 Å². The number of amides is 1. The molecule has 0 aliphatic heterocycles. The maximum absolute atomic E-state index is 13.0. The summed E-state index contributed by atoms with van der Waals surface area (Å²) in [5.74, 6) is 0.877. The first-order valence-corrected chi connectivity index (χ1v) is 11.5. The molecule has 0 radical (unpaired) electrons. The molecule has 0 bridgehead atoms. The molecule has 3 aromatic carbocycles. The fraction of sp³-hybridized carbons (Fsp3) is 0.276. The highest BCUT2D eigenvalue weighted by molar-refractivity contribution is 5.91. The average molecular weight is 443 g/mol. The monoisotopic (exact) mass is 442 g/mol. The van der Waals surface area contributed by atoms with Gasteiger partial charge in [0.15, 0.2) is 0 Å². The molecule has 0 aromatic heterocycles. The molecule has 0 atom stereocenters. The van der Waals surface area contributed by atoms with Crippen LogP contribution >= 0.6 is 0 Å². The zero-order valence-corrected chi connectivity index (χ0v) is 19.7. The minimum absolute atomic E-state index is 0.0128. The van der Waals surface area contributed by atoms with Gasteiger partial charge in [-0.05, 0) is 61.8 Å². The number of nitrogens with zero attached hydrogens (tertiary/aromatic N) is 2. The van der Waals surface area contributed by atoms with E-state index in [4.69, 9.17) is 4.74 Å². The van der Waals surface area contributed by atoms with Crippen LogP contribution in [0.3, 0.4) is 0 Å². The molecule has 33 heavy (non-hydrogen) atoms. The molecule has 4 nitrogen and oxygen atoms in total. The van der Waals surface area contributed by atoms with Gasteiger partial charge in [0.25, 0.3) is 0 Å². The lowest BCUT2D eigenvalue weighted by molar-refractivity contribution is -0.126. The Kier molecular flexibility index (Phi) is 9.74. The van der Waals surface area contributed by atoms with Crippen LogP contribution in [0.25, 0.3) is 6.08 Å². The fourth-order valence-electron chi connectivity index (χ4n) is 3.50. The summed E-state index contributed by atoms with van der Waals surface area (Å²) in [6, 6.07) is 28.3. The summed E-state index contributed by atoms with van der Waals surface area (Å²) in [6.45, 7) is 2.92. The Bertz CT molecular complexity index is 983. The highest BCUT2D eigenvalue weighted by Gasteiger charge is 2.12. The normalized spacial score (nSPS) is 11.1. The Morgan fingerprint density at radius 2 is 1.48 bits per heavy atom. The van der Waals surface area contributed by atoms with Crippen molar-refractivity contribution < 1.29 is 9.53 Å². The van der Waals surface area contributed by atoms with Gasteiger partial charge in [0.1, 0.15) is 5.75 Å². The number of carbonyl (C=O) groups is 1. The summed E-state index contributed by atoms with van der Waals surface area (Å²) >= 11 is 0. The van der Waals surface area contributed by atoms with Crippen LogP contribution in [0.4, 0.5) is 0 Å². The maximum Gasteiger partial charge on any atom is 0.246 e. The summed E-state index contributed by atoms with van der Waals surface area (Å²) in [7, 11) is 4.13. The molecule has 172 valence electrons. The molecule has 1 amide bonds. The van der Waals surface area contributed by atoms with Crippen LogP contribution in [0.1, 0.15) is 23.1 Å². The molecule has 0 spiro atoms. The van der Waals surface area contributed by atoms with E-state index in [1.54, 1.807) is 6.08 Å². The van der Waals surface area contributed by atoms with Crippen molar-refractivity contribution in [2.45, 2.75) is 19.4 Å². The van der Waals surface area contributed by atoms with Gasteiger partial charge in [-0.1, -0.05) is 72.8 Å². The lowest BCUT2D eigenvalue weighted by atomic mass is 10.1. The van der Waals surface area contributed by atoms with E-state index >= 15 is 0 Å². The largest absolute Gasteiger partial charge is 0.494 e. The van der Waals surface area contributed by atoms with Crippen molar-refractivity contribution in [1.82, 2.24) is 9.80 Å². The topological polar surface area (TPSA) is 32.8 Å². The van der Waals surface area contributed by atoms with Crippen molar-refractivity contribution in [1.29, 1.82) is 0 Å². The number of benzene rings is 3. The predicted octanol–water partition coefficient (Wildman–Crippen LogP) is 5.30. The molecule has 0 heterocycles. The van der Waals surface area contributed by atoms with Crippen molar-refractivity contribution in [3.05, 3.63) is 108 Å². The summed E-state index contributed by atoms with van der Waals surface area (Å²) in [5.41, 5.74) is 3.33. The quantitative estimate of drug-likeness (QED) is 0.282. The van der Waals surface area contributed by atoms with Crippen LogP contribution in [0.2, 0.25) is 0 Å². The van der Waals surface area contributed by atoms with Gasteiger partial charge in [0.2, 0.25) is 5.91 Å². The zero-order valence-electron chi connectivity index (χ0n) is 19.7. The molecule has 0 aliphatic rings. The first-order valence-electron chi connectivity index (χ1n) is 11.5. The molecule has 0 N–H and O–H groups in total. The molecule has 0 saturated carbocycles. The van der Waals surface area contributed by atoms with Gasteiger partial charge in [-0.25, -0.2) is 0 Å². The second kappa shape index (κ2) is 13.2. The van der Waals surface area contributed by atoms with E-state index in [1.807, 2.05) is 83.8 Å². The van der Waals surface area contributed by atoms with Gasteiger partial charge >= 0.3 is 0 Å². The minimum atomic E-state index is 0.0128. The zero-order chi connectivity index (χ0) is 23.3. The van der Waals surface area contributed by atoms with E-state index in [-0.39, 0.29) is 5.91 Å². The maximum atomic E-state index is 13.0. The third-order valence-corrected chi connectivity index (χ3v) is 5.36. The van der Waals surface area contributed by atoms with Crippen LogP contribution in [0, 0.1) is 0 Å². The van der Waals surface area contributed by atoms with E-state index in [0.29, 0.717) is 19.7 Å². The smallest absolute Gasteiger partial charge is 0.246 e. The van der Waals surface area contributed by atoms with Crippen molar-refractivity contribution >= 4 is 12.0 Å². The Balaban J connectivity index is 1.62. The second-order valence-electron chi connectivity index (χ2n) is 8.39. The molecule has 0 unspecified atom stereocenters. The van der Waals surface area contributed by atoms with E-state index < -0.39 is 0 Å². The number of rotatable bonds is 12. The Morgan fingerprint density at radius 3 is 2.15 bits per heavy atom. The van der Waals surface area contributed by atoms with E-state index in [9.17, 15) is 4.79 Å². The van der Waals surface area contributed by atoms with Crippen LogP contribution < -0.4 is 4.74 Å². The summed E-state index contributed by atoms with van der Waals surface area (Å²) in [5, 5.41) is 0. The third kappa shape index (κ3) is 8.95. The van der Waals surface area contributed by atoms with Gasteiger partial charge in [0, 0.05) is 25.7 Å². The van der Waals surface area contributed by atoms with Gasteiger partial charge in [-0.15, -0.1) is 0 Å². The van der Waals surface area contributed by atoms with Crippen LogP contribution in [0.15, 0.2) is 91.0 Å². The lowest BCUT2D eigenvalue weighted by Gasteiger charge is -2.22. The van der Waals surface area contributed by atoms with Crippen LogP contribution in [-0.2, 0) is 17.8 Å². The molecule has 3 aromatic rings. The molecule has 3 rings (SSSR count). The standard InChI is InChI=1S/C29H34N2O2/c1-30(2)21-9-23-33-28-17-14-27(15-18-28)24-31(22-20-26-12-7-4-8-13-26)29(32)19-16-25-10-5-3-6-11-25/h3-8,10-19H,9,20-24H2,1-2H3. The fourth-order valence-corrected chi connectivity index (χ4v) is 3.50. The summed E-state index contributed by atoms with van der Waals surface area (Å²) < 4.78 is 5.84. The lowest BCUT2D eigenvalue weighted by Crippen LogP contribution is -2.31. The number of hydrogen-bond donors (Lipinski definition) is 0. The Hall–Kier alpha value is -3.37. The summed E-state index contributed by atoms with van der Waals surface area (Å²) in [6.07, 6.45) is 5.36. The second-order valence-corrected chi connectivity index (χ2v) is 8.39.